The van der Waals surface area contributed by atoms with Crippen LogP contribution in [0.2, 0.25) is 5.15 Å². The second kappa shape index (κ2) is 5.53. The van der Waals surface area contributed by atoms with Crippen molar-refractivity contribution in [1.82, 2.24) is 9.78 Å². The van der Waals surface area contributed by atoms with Crippen molar-refractivity contribution in [2.24, 2.45) is 12.1 Å². The second-order valence-electron chi connectivity index (χ2n) is 3.77. The van der Waals surface area contributed by atoms with Crippen LogP contribution in [0.25, 0.3) is 0 Å². The molecule has 1 aromatic carbocycles. The van der Waals surface area contributed by atoms with Gasteiger partial charge in [0.05, 0.1) is 23.0 Å². The molecule has 0 fully saturated rings. The summed E-state index contributed by atoms with van der Waals surface area (Å²) in [5.74, 6) is -1.02. The van der Waals surface area contributed by atoms with Crippen LogP contribution in [0.1, 0.15) is 15.9 Å². The van der Waals surface area contributed by atoms with Crippen LogP contribution in [0.4, 0.5) is 5.69 Å². The number of halogens is 1. The van der Waals surface area contributed by atoms with Crippen LogP contribution in [0.15, 0.2) is 35.6 Å². The minimum atomic E-state index is -1.02. The van der Waals surface area contributed by atoms with Gasteiger partial charge in [-0.2, -0.15) is 10.2 Å². The van der Waals surface area contributed by atoms with Crippen molar-refractivity contribution in [1.29, 1.82) is 0 Å². The summed E-state index contributed by atoms with van der Waals surface area (Å²) in [5, 5.41) is 17.2. The fourth-order valence-corrected chi connectivity index (χ4v) is 1.72. The molecule has 0 saturated carbocycles. The lowest BCUT2D eigenvalue weighted by atomic mass is 10.2. The normalized spacial score (nSPS) is 10.8. The number of hydrogen-bond acceptors (Lipinski definition) is 4. The summed E-state index contributed by atoms with van der Waals surface area (Å²) in [6, 6.07) is 6.50. The van der Waals surface area contributed by atoms with Gasteiger partial charge >= 0.3 is 5.97 Å². The number of aromatic carboxylic acids is 1. The van der Waals surface area contributed by atoms with Crippen molar-refractivity contribution in [3.05, 3.63) is 46.7 Å². The first kappa shape index (κ1) is 13.1. The smallest absolute Gasteiger partial charge is 0.337 e. The first-order valence-electron chi connectivity index (χ1n) is 5.38. The molecule has 1 aromatic heterocycles. The van der Waals surface area contributed by atoms with Crippen LogP contribution in [0, 0.1) is 0 Å². The summed E-state index contributed by atoms with van der Waals surface area (Å²) in [7, 11) is 1.75. The number of carboxylic acids is 1. The highest BCUT2D eigenvalue weighted by Crippen LogP contribution is 2.15. The van der Waals surface area contributed by atoms with Crippen molar-refractivity contribution in [2.75, 3.05) is 5.43 Å². The summed E-state index contributed by atoms with van der Waals surface area (Å²) in [6.07, 6.45) is 3.19. The number of nitrogens with zero attached hydrogens (tertiary/aromatic N) is 3. The Morgan fingerprint density at radius 2 is 2.26 bits per heavy atom. The number of aromatic nitrogens is 2. The highest BCUT2D eigenvalue weighted by molar-refractivity contribution is 6.31. The lowest BCUT2D eigenvalue weighted by Gasteiger charge is -2.03. The SMILES string of the molecule is Cn1cc(/C=N/Nc2ccccc2C(=O)O)c(Cl)n1. The van der Waals surface area contributed by atoms with Gasteiger partial charge in [0.1, 0.15) is 0 Å². The Labute approximate surface area is 114 Å². The summed E-state index contributed by atoms with van der Waals surface area (Å²) < 4.78 is 1.56. The van der Waals surface area contributed by atoms with Gasteiger partial charge in [0.25, 0.3) is 0 Å². The zero-order valence-electron chi connectivity index (χ0n) is 10.0. The van der Waals surface area contributed by atoms with Crippen LogP contribution < -0.4 is 5.43 Å². The number of aryl methyl sites for hydroxylation is 1. The number of nitrogens with one attached hydrogen (secondary N) is 1. The van der Waals surface area contributed by atoms with Crippen LogP contribution in [0.5, 0.6) is 0 Å². The maximum absolute atomic E-state index is 11.0. The van der Waals surface area contributed by atoms with Crippen molar-refractivity contribution in [3.63, 3.8) is 0 Å². The zero-order chi connectivity index (χ0) is 13.8. The molecule has 98 valence electrons. The summed E-state index contributed by atoms with van der Waals surface area (Å²) >= 11 is 5.86. The molecular formula is C12H11ClN4O2. The summed E-state index contributed by atoms with van der Waals surface area (Å²) in [6.45, 7) is 0. The van der Waals surface area contributed by atoms with E-state index in [1.165, 1.54) is 12.3 Å². The molecule has 0 aliphatic rings. The average molecular weight is 279 g/mol. The molecule has 0 spiro atoms. The number of anilines is 1. The van der Waals surface area contributed by atoms with E-state index in [-0.39, 0.29) is 5.56 Å². The van der Waals surface area contributed by atoms with Gasteiger partial charge in [-0.1, -0.05) is 23.7 Å². The van der Waals surface area contributed by atoms with E-state index in [1.807, 2.05) is 0 Å². The van der Waals surface area contributed by atoms with E-state index in [1.54, 1.807) is 36.1 Å². The number of carbonyl (C=O) groups is 1. The van der Waals surface area contributed by atoms with E-state index < -0.39 is 5.97 Å². The highest BCUT2D eigenvalue weighted by atomic mass is 35.5. The first-order chi connectivity index (χ1) is 9.08. The van der Waals surface area contributed by atoms with Gasteiger partial charge in [0, 0.05) is 13.2 Å². The van der Waals surface area contributed by atoms with Crippen molar-refractivity contribution in [3.8, 4) is 0 Å². The van der Waals surface area contributed by atoms with Crippen LogP contribution in [-0.4, -0.2) is 27.1 Å². The van der Waals surface area contributed by atoms with Gasteiger partial charge in [0.2, 0.25) is 0 Å². The number of benzene rings is 1. The van der Waals surface area contributed by atoms with E-state index in [0.717, 1.165) is 0 Å². The predicted molar refractivity (Wildman–Crippen MR) is 72.8 cm³/mol. The lowest BCUT2D eigenvalue weighted by molar-refractivity contribution is 0.0698. The van der Waals surface area contributed by atoms with Gasteiger partial charge in [-0.05, 0) is 12.1 Å². The first-order valence-corrected chi connectivity index (χ1v) is 5.76. The number of para-hydroxylation sites is 1. The van der Waals surface area contributed by atoms with Gasteiger partial charge in [0.15, 0.2) is 5.15 Å². The molecule has 0 atom stereocenters. The second-order valence-corrected chi connectivity index (χ2v) is 4.13. The molecule has 6 nitrogen and oxygen atoms in total. The van der Waals surface area contributed by atoms with E-state index in [2.05, 4.69) is 15.6 Å². The third-order valence-electron chi connectivity index (χ3n) is 2.36. The van der Waals surface area contributed by atoms with Crippen molar-refractivity contribution in [2.45, 2.75) is 0 Å². The summed E-state index contributed by atoms with van der Waals surface area (Å²) in [4.78, 5) is 11.0. The Morgan fingerprint density at radius 1 is 1.53 bits per heavy atom. The minimum absolute atomic E-state index is 0.150. The molecule has 1 heterocycles. The third-order valence-corrected chi connectivity index (χ3v) is 2.65. The fraction of sp³-hybridized carbons (Fsp3) is 0.0833. The Hall–Kier alpha value is -2.34. The van der Waals surface area contributed by atoms with Gasteiger partial charge in [-0.25, -0.2) is 4.79 Å². The fourth-order valence-electron chi connectivity index (χ4n) is 1.50. The Morgan fingerprint density at radius 3 is 2.89 bits per heavy atom. The molecule has 0 bridgehead atoms. The minimum Gasteiger partial charge on any atom is -0.478 e. The zero-order valence-corrected chi connectivity index (χ0v) is 10.8. The average Bonchev–Trinajstić information content (AvgIpc) is 2.68. The van der Waals surface area contributed by atoms with Crippen molar-refractivity contribution >= 4 is 29.5 Å². The topological polar surface area (TPSA) is 79.5 Å². The number of rotatable bonds is 4. The highest BCUT2D eigenvalue weighted by Gasteiger charge is 2.07. The number of carboxylic acid groups (broad SMARTS) is 1. The largest absolute Gasteiger partial charge is 0.478 e. The molecule has 19 heavy (non-hydrogen) atoms. The Bertz CT molecular complexity index is 636. The maximum Gasteiger partial charge on any atom is 0.337 e. The molecule has 2 rings (SSSR count). The maximum atomic E-state index is 11.0. The van der Waals surface area contributed by atoms with E-state index in [4.69, 9.17) is 16.7 Å². The molecule has 0 saturated heterocycles. The van der Waals surface area contributed by atoms with Gasteiger partial charge in [-0.15, -0.1) is 0 Å². The van der Waals surface area contributed by atoms with Crippen LogP contribution >= 0.6 is 11.6 Å². The standard InChI is InChI=1S/C12H11ClN4O2/c1-17-7-8(11(13)16-17)6-14-15-10-5-3-2-4-9(10)12(18)19/h2-7,15H,1H3,(H,18,19)/b14-6+. The molecule has 0 unspecified atom stereocenters. The quantitative estimate of drug-likeness (QED) is 0.664. The van der Waals surface area contributed by atoms with Crippen LogP contribution in [0.3, 0.4) is 0 Å². The molecule has 7 heteroatoms. The molecule has 0 aliphatic heterocycles. The molecule has 2 N–H and O–H groups in total. The van der Waals surface area contributed by atoms with Crippen LogP contribution in [-0.2, 0) is 7.05 Å². The van der Waals surface area contributed by atoms with Gasteiger partial charge < -0.3 is 5.11 Å². The molecule has 2 aromatic rings. The number of hydrazone groups is 1. The van der Waals surface area contributed by atoms with E-state index in [9.17, 15) is 4.79 Å². The van der Waals surface area contributed by atoms with E-state index >= 15 is 0 Å². The molecule has 0 amide bonds. The Kier molecular flexibility index (Phi) is 3.82. The predicted octanol–water partition coefficient (Wildman–Crippen LogP) is 2.22. The number of hydrogen-bond donors (Lipinski definition) is 2. The Balaban J connectivity index is 2.15. The monoisotopic (exact) mass is 278 g/mol. The lowest BCUT2D eigenvalue weighted by Crippen LogP contribution is -2.02. The molecular weight excluding hydrogens is 268 g/mol. The van der Waals surface area contributed by atoms with E-state index in [0.29, 0.717) is 16.4 Å². The molecule has 0 radical (unpaired) electrons. The third kappa shape index (κ3) is 3.11. The van der Waals surface area contributed by atoms with Crippen molar-refractivity contribution < 1.29 is 9.90 Å². The van der Waals surface area contributed by atoms with Gasteiger partial charge in [-0.3, -0.25) is 10.1 Å². The summed E-state index contributed by atoms with van der Waals surface area (Å²) in [5.41, 5.74) is 3.87. The molecule has 0 aliphatic carbocycles.